The van der Waals surface area contributed by atoms with Crippen LogP contribution in [-0.4, -0.2) is 29.5 Å². The molecule has 0 fully saturated rings. The molecule has 0 N–H and O–H groups in total. The largest absolute Gasteiger partial charge is 0.465 e. The summed E-state index contributed by atoms with van der Waals surface area (Å²) >= 11 is 1.54. The average molecular weight is 296 g/mol. The quantitative estimate of drug-likeness (QED) is 0.782. The minimum atomic E-state index is -0.401. The predicted octanol–water partition coefficient (Wildman–Crippen LogP) is 3.05. The van der Waals surface area contributed by atoms with Gasteiger partial charge >= 0.3 is 11.9 Å². The molecule has 0 bridgehead atoms. The summed E-state index contributed by atoms with van der Waals surface area (Å²) in [7, 11) is 1.33. The topological polar surface area (TPSA) is 52.6 Å². The fourth-order valence-electron chi connectivity index (χ4n) is 1.39. The summed E-state index contributed by atoms with van der Waals surface area (Å²) in [5.41, 5.74) is 1.21. The first-order valence-corrected chi connectivity index (χ1v) is 7.27. The molecule has 20 heavy (non-hydrogen) atoms. The van der Waals surface area contributed by atoms with Gasteiger partial charge in [-0.2, -0.15) is 0 Å². The molecule has 5 heteroatoms. The van der Waals surface area contributed by atoms with Crippen molar-refractivity contribution >= 4 is 23.7 Å². The van der Waals surface area contributed by atoms with E-state index in [1.54, 1.807) is 24.3 Å². The molecule has 0 aromatic heterocycles. The first-order valence-electron chi connectivity index (χ1n) is 6.28. The molecule has 110 valence electrons. The van der Waals surface area contributed by atoms with E-state index in [1.807, 2.05) is 20.8 Å². The van der Waals surface area contributed by atoms with Crippen LogP contribution in [-0.2, 0) is 20.9 Å². The fourth-order valence-corrected chi connectivity index (χ4v) is 2.02. The van der Waals surface area contributed by atoms with Crippen molar-refractivity contribution in [3.05, 3.63) is 35.4 Å². The third-order valence-electron chi connectivity index (χ3n) is 2.37. The average Bonchev–Trinajstić information content (AvgIpc) is 2.41. The van der Waals surface area contributed by atoms with Gasteiger partial charge in [-0.15, -0.1) is 11.8 Å². The zero-order valence-electron chi connectivity index (χ0n) is 12.3. The zero-order chi connectivity index (χ0) is 15.2. The number of benzene rings is 1. The maximum absolute atomic E-state index is 11.6. The first kappa shape index (κ1) is 16.6. The van der Waals surface area contributed by atoms with Crippen LogP contribution >= 0.6 is 11.8 Å². The third kappa shape index (κ3) is 6.10. The Kier molecular flexibility index (Phi) is 6.07. The molecular formula is C15H20O4S. The molecule has 0 unspecified atom stereocenters. The highest BCUT2D eigenvalue weighted by molar-refractivity contribution is 8.01. The minimum Gasteiger partial charge on any atom is -0.465 e. The Morgan fingerprint density at radius 1 is 1.25 bits per heavy atom. The smallest absolute Gasteiger partial charge is 0.337 e. The zero-order valence-corrected chi connectivity index (χ0v) is 13.1. The van der Waals surface area contributed by atoms with Gasteiger partial charge in [-0.1, -0.05) is 32.9 Å². The van der Waals surface area contributed by atoms with E-state index in [0.717, 1.165) is 5.56 Å². The van der Waals surface area contributed by atoms with E-state index in [0.29, 0.717) is 11.3 Å². The van der Waals surface area contributed by atoms with Crippen molar-refractivity contribution in [1.29, 1.82) is 0 Å². The van der Waals surface area contributed by atoms with Crippen molar-refractivity contribution in [1.82, 2.24) is 0 Å². The second kappa shape index (κ2) is 7.33. The number of carbonyl (C=O) groups is 2. The molecule has 0 saturated carbocycles. The Bertz CT molecular complexity index is 477. The normalized spacial score (nSPS) is 11.0. The number of carbonyl (C=O) groups excluding carboxylic acids is 2. The van der Waals surface area contributed by atoms with Gasteiger partial charge in [-0.25, -0.2) is 4.79 Å². The van der Waals surface area contributed by atoms with Gasteiger partial charge in [0.15, 0.2) is 0 Å². The number of rotatable bonds is 5. The van der Waals surface area contributed by atoms with E-state index >= 15 is 0 Å². The van der Waals surface area contributed by atoms with E-state index in [1.165, 1.54) is 18.9 Å². The molecule has 0 heterocycles. The van der Waals surface area contributed by atoms with Crippen molar-refractivity contribution in [3.8, 4) is 0 Å². The fraction of sp³-hybridized carbons (Fsp3) is 0.467. The van der Waals surface area contributed by atoms with Crippen molar-refractivity contribution < 1.29 is 19.1 Å². The highest BCUT2D eigenvalue weighted by Gasteiger charge is 2.14. The Balaban J connectivity index is 2.49. The van der Waals surface area contributed by atoms with E-state index in [9.17, 15) is 9.59 Å². The highest BCUT2D eigenvalue weighted by atomic mass is 32.2. The van der Waals surface area contributed by atoms with Gasteiger partial charge in [0.25, 0.3) is 0 Å². The number of methoxy groups -OCH3 is 1. The van der Waals surface area contributed by atoms with Gasteiger partial charge in [-0.3, -0.25) is 4.79 Å². The van der Waals surface area contributed by atoms with E-state index in [2.05, 4.69) is 4.74 Å². The lowest BCUT2D eigenvalue weighted by Gasteiger charge is -2.16. The number of esters is 2. The SMILES string of the molecule is COC(=O)c1cccc(COC(=O)CSC(C)(C)C)c1. The van der Waals surface area contributed by atoms with Gasteiger partial charge in [-0.05, 0) is 17.7 Å². The molecule has 0 aliphatic heterocycles. The molecule has 4 nitrogen and oxygen atoms in total. The summed E-state index contributed by atoms with van der Waals surface area (Å²) in [5, 5.41) is 0. The summed E-state index contributed by atoms with van der Waals surface area (Å²) in [4.78, 5) is 23.0. The molecule has 1 aromatic rings. The van der Waals surface area contributed by atoms with Crippen LogP contribution in [0.5, 0.6) is 0 Å². The van der Waals surface area contributed by atoms with Gasteiger partial charge in [0.2, 0.25) is 0 Å². The van der Waals surface area contributed by atoms with E-state index in [-0.39, 0.29) is 17.3 Å². The lowest BCUT2D eigenvalue weighted by molar-refractivity contribution is -0.141. The van der Waals surface area contributed by atoms with Gasteiger partial charge in [0.1, 0.15) is 6.61 Å². The van der Waals surface area contributed by atoms with E-state index < -0.39 is 5.97 Å². The second-order valence-corrected chi connectivity index (χ2v) is 7.06. The van der Waals surface area contributed by atoms with Crippen LogP contribution in [0.1, 0.15) is 36.7 Å². The third-order valence-corrected chi connectivity index (χ3v) is 3.62. The standard InChI is InChI=1S/C15H20O4S/c1-15(2,3)20-10-13(16)19-9-11-6-5-7-12(8-11)14(17)18-4/h5-8H,9-10H2,1-4H3. The van der Waals surface area contributed by atoms with Gasteiger partial charge < -0.3 is 9.47 Å². The lowest BCUT2D eigenvalue weighted by atomic mass is 10.1. The molecule has 0 spiro atoms. The maximum atomic E-state index is 11.6. The van der Waals surface area contributed by atoms with Crippen molar-refractivity contribution in [2.75, 3.05) is 12.9 Å². The molecule has 0 aliphatic carbocycles. The molecule has 0 saturated heterocycles. The molecule has 0 aliphatic rings. The highest BCUT2D eigenvalue weighted by Crippen LogP contribution is 2.23. The number of thioether (sulfide) groups is 1. The number of hydrogen-bond donors (Lipinski definition) is 0. The molecule has 1 aromatic carbocycles. The van der Waals surface area contributed by atoms with Crippen LogP contribution in [0.15, 0.2) is 24.3 Å². The van der Waals surface area contributed by atoms with Gasteiger partial charge in [0, 0.05) is 4.75 Å². The Morgan fingerprint density at radius 2 is 1.95 bits per heavy atom. The van der Waals surface area contributed by atoms with Crippen molar-refractivity contribution in [2.45, 2.75) is 32.1 Å². The Labute approximate surface area is 123 Å². The summed E-state index contributed by atoms with van der Waals surface area (Å²) in [6.07, 6.45) is 0. The van der Waals surface area contributed by atoms with Crippen LogP contribution in [0.25, 0.3) is 0 Å². The number of ether oxygens (including phenoxy) is 2. The second-order valence-electron chi connectivity index (χ2n) is 5.25. The Morgan fingerprint density at radius 3 is 2.55 bits per heavy atom. The minimum absolute atomic E-state index is 0.0316. The molecule has 0 atom stereocenters. The summed E-state index contributed by atoms with van der Waals surface area (Å²) in [6.45, 7) is 6.30. The van der Waals surface area contributed by atoms with E-state index in [4.69, 9.17) is 4.74 Å². The molecular weight excluding hydrogens is 276 g/mol. The summed E-state index contributed by atoms with van der Waals surface area (Å²) in [5.74, 6) is -0.338. The van der Waals surface area contributed by atoms with Crippen LogP contribution in [0.4, 0.5) is 0 Å². The monoisotopic (exact) mass is 296 g/mol. The molecule has 0 amide bonds. The van der Waals surface area contributed by atoms with Crippen LogP contribution in [0.3, 0.4) is 0 Å². The van der Waals surface area contributed by atoms with Gasteiger partial charge in [0.05, 0.1) is 18.4 Å². The lowest BCUT2D eigenvalue weighted by Crippen LogP contribution is -2.15. The molecule has 0 radical (unpaired) electrons. The summed E-state index contributed by atoms with van der Waals surface area (Å²) in [6, 6.07) is 6.86. The van der Waals surface area contributed by atoms with Crippen LogP contribution in [0, 0.1) is 0 Å². The summed E-state index contributed by atoms with van der Waals surface area (Å²) < 4.78 is 9.85. The number of hydrogen-bond acceptors (Lipinski definition) is 5. The predicted molar refractivity (Wildman–Crippen MR) is 79.8 cm³/mol. The van der Waals surface area contributed by atoms with Crippen molar-refractivity contribution in [3.63, 3.8) is 0 Å². The molecule has 1 rings (SSSR count). The van der Waals surface area contributed by atoms with Crippen LogP contribution < -0.4 is 0 Å². The first-order chi connectivity index (χ1) is 9.31. The van der Waals surface area contributed by atoms with Crippen LogP contribution in [0.2, 0.25) is 0 Å². The van der Waals surface area contributed by atoms with Crippen molar-refractivity contribution in [2.24, 2.45) is 0 Å². The maximum Gasteiger partial charge on any atom is 0.337 e. The Hall–Kier alpha value is -1.49.